The van der Waals surface area contributed by atoms with Gasteiger partial charge in [0.25, 0.3) is 0 Å². The highest BCUT2D eigenvalue weighted by Gasteiger charge is 2.17. The molecule has 3 aromatic rings. The van der Waals surface area contributed by atoms with E-state index in [9.17, 15) is 18.0 Å². The van der Waals surface area contributed by atoms with Crippen molar-refractivity contribution in [3.63, 3.8) is 0 Å². The first-order chi connectivity index (χ1) is 11.5. The maximum Gasteiger partial charge on any atom is 0.310 e. The van der Waals surface area contributed by atoms with Crippen LogP contribution in [0.25, 0.3) is 10.2 Å². The van der Waals surface area contributed by atoms with Gasteiger partial charge < -0.3 is 4.74 Å². The average Bonchev–Trinajstić information content (AvgIpc) is 2.97. The van der Waals surface area contributed by atoms with Crippen LogP contribution in [0.3, 0.4) is 0 Å². The Bertz CT molecular complexity index is 927. The fourth-order valence-electron chi connectivity index (χ4n) is 2.25. The number of hydrogen-bond acceptors (Lipinski definition) is 5. The van der Waals surface area contributed by atoms with Gasteiger partial charge in [-0.1, -0.05) is 6.07 Å². The molecule has 0 radical (unpaired) electrons. The van der Waals surface area contributed by atoms with E-state index in [1.807, 2.05) is 0 Å². The molecule has 0 N–H and O–H groups in total. The number of carbonyl (C=O) groups excluding carboxylic acids is 1. The number of methoxy groups -OCH3 is 1. The van der Waals surface area contributed by atoms with Crippen molar-refractivity contribution < 1.29 is 22.7 Å². The van der Waals surface area contributed by atoms with E-state index in [1.54, 1.807) is 12.3 Å². The number of rotatable bonds is 4. The molecule has 0 bridgehead atoms. The maximum absolute atomic E-state index is 13.7. The summed E-state index contributed by atoms with van der Waals surface area (Å²) in [6, 6.07) is 2.25. The third-order valence-corrected chi connectivity index (χ3v) is 4.41. The number of nitrogens with zero attached hydrogens (tertiary/aromatic N) is 2. The van der Waals surface area contributed by atoms with E-state index in [-0.39, 0.29) is 23.1 Å². The van der Waals surface area contributed by atoms with Crippen molar-refractivity contribution in [1.29, 1.82) is 0 Å². The first-order valence-corrected chi connectivity index (χ1v) is 7.72. The van der Waals surface area contributed by atoms with Crippen LogP contribution in [-0.4, -0.2) is 23.0 Å². The van der Waals surface area contributed by atoms with Gasteiger partial charge in [-0.25, -0.2) is 18.2 Å². The lowest BCUT2D eigenvalue weighted by molar-refractivity contribution is -0.139. The Hall–Kier alpha value is -2.48. The lowest BCUT2D eigenvalue weighted by atomic mass is 10.1. The van der Waals surface area contributed by atoms with Crippen molar-refractivity contribution in [1.82, 2.24) is 9.97 Å². The second-order valence-corrected chi connectivity index (χ2v) is 6.15. The summed E-state index contributed by atoms with van der Waals surface area (Å²) in [4.78, 5) is 19.3. The molecule has 0 aliphatic rings. The number of halogens is 3. The summed E-state index contributed by atoms with van der Waals surface area (Å²) in [7, 11) is 1.29. The van der Waals surface area contributed by atoms with E-state index >= 15 is 0 Å². The molecule has 2 heterocycles. The highest BCUT2D eigenvalue weighted by molar-refractivity contribution is 7.18. The minimum Gasteiger partial charge on any atom is -0.469 e. The normalized spacial score (nSPS) is 11.0. The molecule has 0 saturated carbocycles. The largest absolute Gasteiger partial charge is 0.469 e. The van der Waals surface area contributed by atoms with Crippen molar-refractivity contribution in [2.45, 2.75) is 12.8 Å². The molecule has 0 spiro atoms. The first kappa shape index (κ1) is 16.4. The third kappa shape index (κ3) is 3.23. The number of pyridine rings is 1. The second kappa shape index (κ2) is 6.56. The molecule has 3 rings (SSSR count). The van der Waals surface area contributed by atoms with Gasteiger partial charge >= 0.3 is 5.97 Å². The number of thiazole rings is 1. The van der Waals surface area contributed by atoms with Crippen molar-refractivity contribution in [2.75, 3.05) is 7.11 Å². The van der Waals surface area contributed by atoms with Gasteiger partial charge in [-0.2, -0.15) is 0 Å². The molecule has 0 aliphatic heterocycles. The summed E-state index contributed by atoms with van der Waals surface area (Å²) < 4.78 is 45.3. The number of fused-ring (bicyclic) bond motifs is 1. The number of aromatic nitrogens is 2. The van der Waals surface area contributed by atoms with Crippen LogP contribution in [0.15, 0.2) is 24.5 Å². The fraction of sp³-hybridized carbons (Fsp3) is 0.188. The van der Waals surface area contributed by atoms with Crippen LogP contribution in [0.2, 0.25) is 0 Å². The van der Waals surface area contributed by atoms with Gasteiger partial charge in [0.1, 0.15) is 11.3 Å². The van der Waals surface area contributed by atoms with Crippen molar-refractivity contribution in [3.8, 4) is 0 Å². The van der Waals surface area contributed by atoms with E-state index in [4.69, 9.17) is 0 Å². The summed E-state index contributed by atoms with van der Waals surface area (Å²) in [6.45, 7) is 0. The SMILES string of the molecule is COC(=O)Cc1cncc(Cc2nc3c(F)c(F)cc(F)c3s2)c1. The summed E-state index contributed by atoms with van der Waals surface area (Å²) in [5, 5.41) is 0.422. The van der Waals surface area contributed by atoms with Gasteiger partial charge in [0, 0.05) is 24.9 Å². The Labute approximate surface area is 138 Å². The lowest BCUT2D eigenvalue weighted by Crippen LogP contribution is -2.05. The van der Waals surface area contributed by atoms with E-state index in [0.29, 0.717) is 16.6 Å². The number of esters is 1. The molecule has 124 valence electrons. The van der Waals surface area contributed by atoms with E-state index in [2.05, 4.69) is 14.7 Å². The van der Waals surface area contributed by atoms with Crippen LogP contribution in [0.4, 0.5) is 13.2 Å². The van der Waals surface area contributed by atoms with Crippen molar-refractivity contribution in [2.24, 2.45) is 0 Å². The van der Waals surface area contributed by atoms with Gasteiger partial charge in [0.2, 0.25) is 0 Å². The fourth-order valence-corrected chi connectivity index (χ4v) is 3.25. The third-order valence-electron chi connectivity index (χ3n) is 3.34. The molecule has 1 aromatic carbocycles. The van der Waals surface area contributed by atoms with Crippen LogP contribution >= 0.6 is 11.3 Å². The molecule has 0 aliphatic carbocycles. The second-order valence-electron chi connectivity index (χ2n) is 5.07. The monoisotopic (exact) mass is 352 g/mol. The molecule has 2 aromatic heterocycles. The molecule has 24 heavy (non-hydrogen) atoms. The maximum atomic E-state index is 13.7. The molecular formula is C16H11F3N2O2S. The van der Waals surface area contributed by atoms with Crippen LogP contribution < -0.4 is 0 Å². The number of carbonyl (C=O) groups is 1. The first-order valence-electron chi connectivity index (χ1n) is 6.90. The predicted molar refractivity (Wildman–Crippen MR) is 82.3 cm³/mol. The van der Waals surface area contributed by atoms with Crippen LogP contribution in [-0.2, 0) is 22.4 Å². The van der Waals surface area contributed by atoms with Crippen LogP contribution in [0.5, 0.6) is 0 Å². The lowest BCUT2D eigenvalue weighted by Gasteiger charge is -2.02. The molecule has 0 unspecified atom stereocenters. The quantitative estimate of drug-likeness (QED) is 0.533. The topological polar surface area (TPSA) is 52.1 Å². The van der Waals surface area contributed by atoms with Crippen molar-refractivity contribution >= 4 is 27.5 Å². The zero-order valence-corrected chi connectivity index (χ0v) is 13.3. The standard InChI is InChI=1S/C16H11F3N2O2S/c1-23-13(22)4-9-2-8(6-20-7-9)3-12-21-15-14(19)10(17)5-11(18)16(15)24-12/h2,5-7H,3-4H2,1H3. The summed E-state index contributed by atoms with van der Waals surface area (Å²) in [5.41, 5.74) is 1.06. The Morgan fingerprint density at radius 1 is 1.17 bits per heavy atom. The molecule has 8 heteroatoms. The van der Waals surface area contributed by atoms with Gasteiger partial charge in [-0.05, 0) is 11.1 Å². The van der Waals surface area contributed by atoms with Gasteiger partial charge in [-0.15, -0.1) is 11.3 Å². The summed E-state index contributed by atoms with van der Waals surface area (Å²) in [5.74, 6) is -3.66. The summed E-state index contributed by atoms with van der Waals surface area (Å²) >= 11 is 0.954. The Balaban J connectivity index is 1.90. The molecule has 0 amide bonds. The van der Waals surface area contributed by atoms with Crippen LogP contribution in [0.1, 0.15) is 16.1 Å². The highest BCUT2D eigenvalue weighted by Crippen LogP contribution is 2.29. The molecule has 4 nitrogen and oxygen atoms in total. The minimum atomic E-state index is -1.27. The smallest absolute Gasteiger partial charge is 0.310 e. The van der Waals surface area contributed by atoms with Gasteiger partial charge in [0.05, 0.1) is 23.2 Å². The highest BCUT2D eigenvalue weighted by atomic mass is 32.1. The molecule has 0 atom stereocenters. The zero-order valence-electron chi connectivity index (χ0n) is 12.5. The number of hydrogen-bond donors (Lipinski definition) is 0. The zero-order chi connectivity index (χ0) is 17.3. The molecular weight excluding hydrogens is 341 g/mol. The number of benzene rings is 1. The summed E-state index contributed by atoms with van der Waals surface area (Å²) in [6.07, 6.45) is 3.45. The predicted octanol–water partition coefficient (Wildman–Crippen LogP) is 3.41. The van der Waals surface area contributed by atoms with E-state index < -0.39 is 23.4 Å². The van der Waals surface area contributed by atoms with Gasteiger partial charge in [-0.3, -0.25) is 9.78 Å². The minimum absolute atomic E-state index is 0.0254. The Morgan fingerprint density at radius 2 is 1.92 bits per heavy atom. The number of ether oxygens (including phenoxy) is 1. The Kier molecular flexibility index (Phi) is 4.48. The van der Waals surface area contributed by atoms with E-state index in [0.717, 1.165) is 16.9 Å². The van der Waals surface area contributed by atoms with Gasteiger partial charge in [0.15, 0.2) is 11.6 Å². The molecule has 0 fully saturated rings. The average molecular weight is 352 g/mol. The van der Waals surface area contributed by atoms with Crippen LogP contribution in [0, 0.1) is 17.5 Å². The van der Waals surface area contributed by atoms with E-state index in [1.165, 1.54) is 13.3 Å². The Morgan fingerprint density at radius 3 is 2.67 bits per heavy atom. The van der Waals surface area contributed by atoms with Crippen molar-refractivity contribution in [3.05, 3.63) is 58.1 Å². The molecule has 0 saturated heterocycles.